The number of halogens is 1. The van der Waals surface area contributed by atoms with E-state index in [2.05, 4.69) is 32.6 Å². The number of hydrogen-bond acceptors (Lipinski definition) is 3. The first-order valence-corrected chi connectivity index (χ1v) is 8.17. The van der Waals surface area contributed by atoms with Gasteiger partial charge in [0.2, 0.25) is 5.91 Å². The molecule has 0 saturated carbocycles. The third-order valence-electron chi connectivity index (χ3n) is 3.29. The quantitative estimate of drug-likeness (QED) is 0.801. The molecule has 0 aliphatic rings. The molecule has 2 aromatic carbocycles. The second-order valence-corrected chi connectivity index (χ2v) is 6.02. The van der Waals surface area contributed by atoms with Crippen LogP contribution in [0.5, 0.6) is 0 Å². The number of carbonyl (C=O) groups excluding carboxylic acids is 2. The minimum Gasteiger partial charge on any atom is -0.352 e. The highest BCUT2D eigenvalue weighted by Crippen LogP contribution is 2.10. The maximum atomic E-state index is 11.9. The lowest BCUT2D eigenvalue weighted by Gasteiger charge is -2.07. The number of nitrogens with zero attached hydrogens (tertiary/aromatic N) is 1. The van der Waals surface area contributed by atoms with Crippen LogP contribution in [0.15, 0.2) is 53.0 Å². The van der Waals surface area contributed by atoms with Gasteiger partial charge in [-0.2, -0.15) is 5.26 Å². The summed E-state index contributed by atoms with van der Waals surface area (Å²) < 4.78 is 0.902. The SMILES string of the molecule is N#Cc1cccc(CNC(=O)CCNC(=O)c2ccc(Br)cc2)c1. The first-order valence-electron chi connectivity index (χ1n) is 7.38. The van der Waals surface area contributed by atoms with Gasteiger partial charge in [0.25, 0.3) is 5.91 Å². The van der Waals surface area contributed by atoms with Crippen LogP contribution in [0.3, 0.4) is 0 Å². The minimum atomic E-state index is -0.211. The highest BCUT2D eigenvalue weighted by Gasteiger charge is 2.06. The van der Waals surface area contributed by atoms with E-state index in [9.17, 15) is 9.59 Å². The van der Waals surface area contributed by atoms with Gasteiger partial charge >= 0.3 is 0 Å². The van der Waals surface area contributed by atoms with Crippen molar-refractivity contribution in [1.82, 2.24) is 10.6 Å². The second-order valence-electron chi connectivity index (χ2n) is 5.10. The zero-order valence-electron chi connectivity index (χ0n) is 12.9. The van der Waals surface area contributed by atoms with E-state index in [-0.39, 0.29) is 24.8 Å². The third-order valence-corrected chi connectivity index (χ3v) is 3.82. The molecule has 2 rings (SSSR count). The van der Waals surface area contributed by atoms with E-state index in [1.54, 1.807) is 42.5 Å². The molecule has 0 bridgehead atoms. The van der Waals surface area contributed by atoms with Gasteiger partial charge in [-0.1, -0.05) is 28.1 Å². The topological polar surface area (TPSA) is 82.0 Å². The maximum absolute atomic E-state index is 11.9. The van der Waals surface area contributed by atoms with Gasteiger partial charge in [-0.25, -0.2) is 0 Å². The first-order chi connectivity index (χ1) is 11.6. The van der Waals surface area contributed by atoms with Gasteiger partial charge in [0.15, 0.2) is 0 Å². The molecule has 5 nitrogen and oxygen atoms in total. The summed E-state index contributed by atoms with van der Waals surface area (Å²) >= 11 is 3.31. The van der Waals surface area contributed by atoms with E-state index in [0.717, 1.165) is 10.0 Å². The number of benzene rings is 2. The lowest BCUT2D eigenvalue weighted by molar-refractivity contribution is -0.121. The summed E-state index contributed by atoms with van der Waals surface area (Å²) in [6, 6.07) is 16.1. The Labute approximate surface area is 148 Å². The number of amides is 2. The van der Waals surface area contributed by atoms with Crippen molar-refractivity contribution >= 4 is 27.7 Å². The maximum Gasteiger partial charge on any atom is 0.251 e. The Morgan fingerprint density at radius 2 is 1.83 bits per heavy atom. The first kappa shape index (κ1) is 17.7. The second kappa shape index (κ2) is 8.85. The zero-order chi connectivity index (χ0) is 17.4. The molecule has 0 atom stereocenters. The van der Waals surface area contributed by atoms with Crippen molar-refractivity contribution in [3.63, 3.8) is 0 Å². The van der Waals surface area contributed by atoms with Gasteiger partial charge in [-0.05, 0) is 42.0 Å². The molecule has 24 heavy (non-hydrogen) atoms. The van der Waals surface area contributed by atoms with Crippen LogP contribution in [0.25, 0.3) is 0 Å². The van der Waals surface area contributed by atoms with E-state index in [1.807, 2.05) is 6.07 Å². The number of nitriles is 1. The van der Waals surface area contributed by atoms with E-state index in [0.29, 0.717) is 17.7 Å². The number of rotatable bonds is 6. The molecule has 6 heteroatoms. The van der Waals surface area contributed by atoms with Crippen molar-refractivity contribution in [3.05, 3.63) is 69.7 Å². The fraction of sp³-hybridized carbons (Fsp3) is 0.167. The Balaban J connectivity index is 1.72. The molecule has 2 N–H and O–H groups in total. The molecule has 0 radical (unpaired) electrons. The fourth-order valence-electron chi connectivity index (χ4n) is 2.03. The Morgan fingerprint density at radius 1 is 1.08 bits per heavy atom. The molecule has 0 aliphatic heterocycles. The predicted molar refractivity (Wildman–Crippen MR) is 94.1 cm³/mol. The molecular formula is C18H16BrN3O2. The highest BCUT2D eigenvalue weighted by atomic mass is 79.9. The Kier molecular flexibility index (Phi) is 6.52. The van der Waals surface area contributed by atoms with Crippen LogP contribution in [0.1, 0.15) is 27.9 Å². The summed E-state index contributed by atoms with van der Waals surface area (Å²) in [5, 5.41) is 14.3. The van der Waals surface area contributed by atoms with Gasteiger partial charge < -0.3 is 10.6 Å². The summed E-state index contributed by atoms with van der Waals surface area (Å²) in [5.41, 5.74) is 1.97. The van der Waals surface area contributed by atoms with Crippen LogP contribution < -0.4 is 10.6 Å². The van der Waals surface area contributed by atoms with Crippen molar-refractivity contribution in [1.29, 1.82) is 5.26 Å². The average Bonchev–Trinajstić information content (AvgIpc) is 2.60. The minimum absolute atomic E-state index is 0.159. The van der Waals surface area contributed by atoms with E-state index >= 15 is 0 Å². The molecule has 0 aromatic heterocycles. The number of carbonyl (C=O) groups is 2. The van der Waals surface area contributed by atoms with Gasteiger partial charge in [0.05, 0.1) is 11.6 Å². The molecule has 0 unspecified atom stereocenters. The smallest absolute Gasteiger partial charge is 0.251 e. The van der Waals surface area contributed by atoms with Gasteiger partial charge in [0, 0.05) is 29.5 Å². The molecule has 0 fully saturated rings. The van der Waals surface area contributed by atoms with E-state index in [1.165, 1.54) is 0 Å². The van der Waals surface area contributed by atoms with E-state index in [4.69, 9.17) is 5.26 Å². The van der Waals surface area contributed by atoms with Crippen molar-refractivity contribution in [2.75, 3.05) is 6.54 Å². The summed E-state index contributed by atoms with van der Waals surface area (Å²) in [6.45, 7) is 0.619. The Hall–Kier alpha value is -2.65. The summed E-state index contributed by atoms with van der Waals surface area (Å²) in [6.07, 6.45) is 0.195. The molecule has 2 amide bonds. The van der Waals surface area contributed by atoms with Gasteiger partial charge in [0.1, 0.15) is 0 Å². The van der Waals surface area contributed by atoms with Crippen molar-refractivity contribution in [2.45, 2.75) is 13.0 Å². The zero-order valence-corrected chi connectivity index (χ0v) is 14.5. The van der Waals surface area contributed by atoms with E-state index < -0.39 is 0 Å². The normalized spacial score (nSPS) is 9.83. The molecular weight excluding hydrogens is 370 g/mol. The fourth-order valence-corrected chi connectivity index (χ4v) is 2.30. The van der Waals surface area contributed by atoms with Crippen LogP contribution in [-0.4, -0.2) is 18.4 Å². The highest BCUT2D eigenvalue weighted by molar-refractivity contribution is 9.10. The van der Waals surface area contributed by atoms with Gasteiger partial charge in [-0.3, -0.25) is 9.59 Å². The summed E-state index contributed by atoms with van der Waals surface area (Å²) in [4.78, 5) is 23.7. The van der Waals surface area contributed by atoms with Gasteiger partial charge in [-0.15, -0.1) is 0 Å². The number of hydrogen-bond donors (Lipinski definition) is 2. The molecule has 0 aliphatic carbocycles. The van der Waals surface area contributed by atoms with Crippen LogP contribution in [0.2, 0.25) is 0 Å². The van der Waals surface area contributed by atoms with Crippen molar-refractivity contribution in [3.8, 4) is 6.07 Å². The Morgan fingerprint density at radius 3 is 2.54 bits per heavy atom. The Bertz CT molecular complexity index is 767. The van der Waals surface area contributed by atoms with Crippen LogP contribution in [0, 0.1) is 11.3 Å². The summed E-state index contributed by atoms with van der Waals surface area (Å²) in [7, 11) is 0. The van der Waals surface area contributed by atoms with Crippen LogP contribution in [-0.2, 0) is 11.3 Å². The standard InChI is InChI=1S/C18H16BrN3O2/c19-16-6-4-15(5-7-16)18(24)21-9-8-17(23)22-12-14-3-1-2-13(10-14)11-20/h1-7,10H,8-9,12H2,(H,21,24)(H,22,23). The van der Waals surface area contributed by atoms with Crippen LogP contribution >= 0.6 is 15.9 Å². The predicted octanol–water partition coefficient (Wildman–Crippen LogP) is 2.76. The third kappa shape index (κ3) is 5.52. The average molecular weight is 386 g/mol. The molecule has 0 saturated heterocycles. The van der Waals surface area contributed by atoms with Crippen LogP contribution in [0.4, 0.5) is 0 Å². The molecule has 2 aromatic rings. The van der Waals surface area contributed by atoms with Crippen molar-refractivity contribution in [2.24, 2.45) is 0 Å². The monoisotopic (exact) mass is 385 g/mol. The largest absolute Gasteiger partial charge is 0.352 e. The molecule has 0 spiro atoms. The summed E-state index contributed by atoms with van der Waals surface area (Å²) in [5.74, 6) is -0.370. The lowest BCUT2D eigenvalue weighted by atomic mass is 10.1. The molecule has 0 heterocycles. The number of nitrogens with one attached hydrogen (secondary N) is 2. The lowest BCUT2D eigenvalue weighted by Crippen LogP contribution is -2.30. The molecule has 122 valence electrons. The van der Waals surface area contributed by atoms with Crippen molar-refractivity contribution < 1.29 is 9.59 Å².